The van der Waals surface area contributed by atoms with E-state index in [1.54, 1.807) is 5.38 Å². The van der Waals surface area contributed by atoms with Gasteiger partial charge in [-0.1, -0.05) is 30.3 Å². The van der Waals surface area contributed by atoms with Gasteiger partial charge in [-0.15, -0.1) is 11.3 Å². The van der Waals surface area contributed by atoms with Gasteiger partial charge in [-0.3, -0.25) is 4.79 Å². The van der Waals surface area contributed by atoms with Crippen molar-refractivity contribution in [2.75, 3.05) is 11.9 Å². The summed E-state index contributed by atoms with van der Waals surface area (Å²) in [5.74, 6) is 0.639. The summed E-state index contributed by atoms with van der Waals surface area (Å²) in [7, 11) is 0. The van der Waals surface area contributed by atoms with Crippen molar-refractivity contribution < 1.29 is 9.53 Å². The molecule has 0 fully saturated rings. The molecule has 0 aliphatic carbocycles. The van der Waals surface area contributed by atoms with Gasteiger partial charge in [0.2, 0.25) is 0 Å². The Hall–Kier alpha value is -2.86. The number of amides is 1. The van der Waals surface area contributed by atoms with Crippen molar-refractivity contribution >= 4 is 28.1 Å². The number of hydrogen-bond donors (Lipinski definition) is 2. The topological polar surface area (TPSA) is 63.2 Å². The highest BCUT2D eigenvalue weighted by atomic mass is 32.1. The van der Waals surface area contributed by atoms with Crippen LogP contribution in [-0.2, 0) is 6.54 Å². The average molecular weight is 353 g/mol. The molecule has 25 heavy (non-hydrogen) atoms. The minimum Gasteiger partial charge on any atom is -0.494 e. The van der Waals surface area contributed by atoms with Gasteiger partial charge in [0, 0.05) is 17.6 Å². The molecule has 0 unspecified atom stereocenters. The number of carbonyl (C=O) groups excluding carboxylic acids is 1. The third kappa shape index (κ3) is 4.81. The first-order valence-electron chi connectivity index (χ1n) is 8.02. The third-order valence-electron chi connectivity index (χ3n) is 3.45. The molecule has 0 saturated heterocycles. The van der Waals surface area contributed by atoms with Crippen LogP contribution in [0, 0.1) is 0 Å². The van der Waals surface area contributed by atoms with Crippen molar-refractivity contribution in [3.8, 4) is 5.75 Å². The maximum Gasteiger partial charge on any atom is 0.271 e. The van der Waals surface area contributed by atoms with Crippen LogP contribution in [0.3, 0.4) is 0 Å². The second-order valence-electron chi connectivity index (χ2n) is 5.29. The molecular formula is C19H19N3O2S. The number of ether oxygens (including phenoxy) is 1. The van der Waals surface area contributed by atoms with E-state index in [2.05, 4.69) is 15.6 Å². The molecule has 128 valence electrons. The zero-order valence-corrected chi connectivity index (χ0v) is 14.7. The molecule has 0 aliphatic rings. The van der Waals surface area contributed by atoms with Crippen LogP contribution in [0.1, 0.15) is 23.0 Å². The fraction of sp³-hybridized carbons (Fsp3) is 0.158. The van der Waals surface area contributed by atoms with Gasteiger partial charge < -0.3 is 15.4 Å². The summed E-state index contributed by atoms with van der Waals surface area (Å²) in [4.78, 5) is 16.6. The monoisotopic (exact) mass is 353 g/mol. The second-order valence-corrected chi connectivity index (χ2v) is 6.15. The third-order valence-corrected chi connectivity index (χ3v) is 4.21. The number of para-hydroxylation sites is 1. The minimum atomic E-state index is -0.189. The normalized spacial score (nSPS) is 10.3. The highest BCUT2D eigenvalue weighted by molar-refractivity contribution is 7.14. The van der Waals surface area contributed by atoms with Gasteiger partial charge >= 0.3 is 0 Å². The quantitative estimate of drug-likeness (QED) is 0.668. The lowest BCUT2D eigenvalue weighted by molar-refractivity contribution is 0.0946. The molecule has 1 aromatic heterocycles. The first kappa shape index (κ1) is 17.0. The molecule has 2 N–H and O–H groups in total. The molecule has 0 atom stereocenters. The van der Waals surface area contributed by atoms with E-state index in [1.165, 1.54) is 11.3 Å². The van der Waals surface area contributed by atoms with Crippen LogP contribution in [-0.4, -0.2) is 17.5 Å². The molecule has 0 spiro atoms. The van der Waals surface area contributed by atoms with Gasteiger partial charge in [0.05, 0.1) is 6.61 Å². The summed E-state index contributed by atoms with van der Waals surface area (Å²) in [6.45, 7) is 3.03. The summed E-state index contributed by atoms with van der Waals surface area (Å²) in [6, 6.07) is 17.4. The van der Waals surface area contributed by atoms with E-state index < -0.39 is 0 Å². The molecule has 3 rings (SSSR count). The lowest BCUT2D eigenvalue weighted by Crippen LogP contribution is -2.23. The number of rotatable bonds is 7. The smallest absolute Gasteiger partial charge is 0.271 e. The van der Waals surface area contributed by atoms with Crippen LogP contribution in [0.2, 0.25) is 0 Å². The number of nitrogens with zero attached hydrogens (tertiary/aromatic N) is 1. The summed E-state index contributed by atoms with van der Waals surface area (Å²) in [5.41, 5.74) is 2.36. The van der Waals surface area contributed by atoms with Crippen molar-refractivity contribution in [3.05, 3.63) is 71.2 Å². The zero-order chi connectivity index (χ0) is 17.5. The largest absolute Gasteiger partial charge is 0.494 e. The number of aromatic nitrogens is 1. The Kier molecular flexibility index (Phi) is 5.64. The van der Waals surface area contributed by atoms with Gasteiger partial charge in [0.15, 0.2) is 5.13 Å². The summed E-state index contributed by atoms with van der Waals surface area (Å²) < 4.78 is 5.40. The van der Waals surface area contributed by atoms with E-state index in [9.17, 15) is 4.79 Å². The molecule has 3 aromatic rings. The highest BCUT2D eigenvalue weighted by Gasteiger charge is 2.10. The van der Waals surface area contributed by atoms with Crippen LogP contribution in [0.5, 0.6) is 5.75 Å². The van der Waals surface area contributed by atoms with Crippen molar-refractivity contribution in [2.45, 2.75) is 13.5 Å². The average Bonchev–Trinajstić information content (AvgIpc) is 3.10. The summed E-state index contributed by atoms with van der Waals surface area (Å²) >= 11 is 1.40. The van der Waals surface area contributed by atoms with Crippen LogP contribution >= 0.6 is 11.3 Å². The van der Waals surface area contributed by atoms with E-state index >= 15 is 0 Å². The van der Waals surface area contributed by atoms with Gasteiger partial charge in [0.25, 0.3) is 5.91 Å². The molecule has 1 amide bonds. The Balaban J connectivity index is 1.54. The standard InChI is InChI=1S/C19H19N3O2S/c1-2-24-16-10-8-14(9-11-16)12-20-18(23)17-13-25-19(22-17)21-15-6-4-3-5-7-15/h3-11,13H,2,12H2,1H3,(H,20,23)(H,21,22). The van der Waals surface area contributed by atoms with E-state index in [1.807, 2.05) is 61.5 Å². The van der Waals surface area contributed by atoms with Gasteiger partial charge in [0.1, 0.15) is 11.4 Å². The van der Waals surface area contributed by atoms with Gasteiger partial charge in [-0.05, 0) is 36.8 Å². The van der Waals surface area contributed by atoms with Crippen molar-refractivity contribution in [1.82, 2.24) is 10.3 Å². The summed E-state index contributed by atoms with van der Waals surface area (Å²) in [5, 5.41) is 8.51. The molecule has 0 saturated carbocycles. The molecule has 5 nitrogen and oxygen atoms in total. The lowest BCUT2D eigenvalue weighted by Gasteiger charge is -2.06. The Morgan fingerprint density at radius 3 is 2.60 bits per heavy atom. The first-order chi connectivity index (χ1) is 12.2. The first-order valence-corrected chi connectivity index (χ1v) is 8.90. The Morgan fingerprint density at radius 2 is 1.88 bits per heavy atom. The second kappa shape index (κ2) is 8.30. The van der Waals surface area contributed by atoms with Crippen LogP contribution < -0.4 is 15.4 Å². The van der Waals surface area contributed by atoms with E-state index in [-0.39, 0.29) is 5.91 Å². The number of benzene rings is 2. The molecule has 1 heterocycles. The Morgan fingerprint density at radius 1 is 1.12 bits per heavy atom. The van der Waals surface area contributed by atoms with Crippen molar-refractivity contribution in [3.63, 3.8) is 0 Å². The highest BCUT2D eigenvalue weighted by Crippen LogP contribution is 2.20. The van der Waals surface area contributed by atoms with Gasteiger partial charge in [-0.25, -0.2) is 4.98 Å². The Bertz CT molecular complexity index is 816. The molecule has 6 heteroatoms. The van der Waals surface area contributed by atoms with Crippen molar-refractivity contribution in [1.29, 1.82) is 0 Å². The number of hydrogen-bond acceptors (Lipinski definition) is 5. The van der Waals surface area contributed by atoms with Gasteiger partial charge in [-0.2, -0.15) is 0 Å². The Labute approximate surface area is 150 Å². The molecule has 2 aromatic carbocycles. The number of anilines is 2. The van der Waals surface area contributed by atoms with Crippen LogP contribution in [0.25, 0.3) is 0 Å². The van der Waals surface area contributed by atoms with Crippen molar-refractivity contribution in [2.24, 2.45) is 0 Å². The van der Waals surface area contributed by atoms with E-state index in [0.717, 1.165) is 17.0 Å². The van der Waals surface area contributed by atoms with Crippen LogP contribution in [0.15, 0.2) is 60.0 Å². The number of thiazole rings is 1. The minimum absolute atomic E-state index is 0.189. The van der Waals surface area contributed by atoms with Crippen LogP contribution in [0.4, 0.5) is 10.8 Å². The molecular weight excluding hydrogens is 334 g/mol. The molecule has 0 aliphatic heterocycles. The summed E-state index contributed by atoms with van der Waals surface area (Å²) in [6.07, 6.45) is 0. The molecule has 0 bridgehead atoms. The molecule has 0 radical (unpaired) electrons. The predicted molar refractivity (Wildman–Crippen MR) is 101 cm³/mol. The fourth-order valence-electron chi connectivity index (χ4n) is 2.22. The SMILES string of the molecule is CCOc1ccc(CNC(=O)c2csc(Nc3ccccc3)n2)cc1. The maximum atomic E-state index is 12.2. The fourth-order valence-corrected chi connectivity index (χ4v) is 2.93. The lowest BCUT2D eigenvalue weighted by atomic mass is 10.2. The maximum absolute atomic E-state index is 12.2. The number of carbonyl (C=O) groups is 1. The van der Waals surface area contributed by atoms with E-state index in [0.29, 0.717) is 24.0 Å². The van der Waals surface area contributed by atoms with E-state index in [4.69, 9.17) is 4.74 Å². The zero-order valence-electron chi connectivity index (χ0n) is 13.9. The predicted octanol–water partition coefficient (Wildman–Crippen LogP) is 4.22. The number of nitrogens with one attached hydrogen (secondary N) is 2.